The molecule has 1 aromatic carbocycles. The highest BCUT2D eigenvalue weighted by atomic mass is 19.1. The Morgan fingerprint density at radius 2 is 2.05 bits per heavy atom. The number of amides is 2. The zero-order valence-electron chi connectivity index (χ0n) is 11.4. The van der Waals surface area contributed by atoms with Crippen LogP contribution in [-0.2, 0) is 6.54 Å². The van der Waals surface area contributed by atoms with Gasteiger partial charge in [-0.2, -0.15) is 5.26 Å². The van der Waals surface area contributed by atoms with E-state index in [9.17, 15) is 9.18 Å². The highest BCUT2D eigenvalue weighted by Gasteiger charge is 2.10. The molecule has 0 unspecified atom stereocenters. The lowest BCUT2D eigenvalue weighted by molar-refractivity contribution is 0.220. The summed E-state index contributed by atoms with van der Waals surface area (Å²) in [5, 5.41) is 11.3. The minimum absolute atomic E-state index is 0.285. The minimum atomic E-state index is -0.459. The normalized spacial score (nSPS) is 9.76. The average Bonchev–Trinajstić information content (AvgIpc) is 2.50. The van der Waals surface area contributed by atoms with E-state index < -0.39 is 5.82 Å². The van der Waals surface area contributed by atoms with Crippen LogP contribution in [0.4, 0.5) is 15.0 Å². The third-order valence-corrected chi connectivity index (χ3v) is 2.81. The van der Waals surface area contributed by atoms with Gasteiger partial charge in [0.1, 0.15) is 11.6 Å². The van der Waals surface area contributed by atoms with Gasteiger partial charge in [-0.3, -0.25) is 5.32 Å². The molecule has 2 amide bonds. The second kappa shape index (κ2) is 6.48. The largest absolute Gasteiger partial charge is 0.323 e. The molecule has 0 spiro atoms. The molecule has 1 aromatic heterocycles. The summed E-state index contributed by atoms with van der Waals surface area (Å²) in [6, 6.07) is 11.3. The molecule has 0 radical (unpaired) electrons. The zero-order chi connectivity index (χ0) is 15.2. The van der Waals surface area contributed by atoms with Crippen LogP contribution in [0.5, 0.6) is 0 Å². The van der Waals surface area contributed by atoms with Crippen molar-refractivity contribution in [1.82, 2.24) is 9.88 Å². The molecular formula is C15H13FN4O. The maximum atomic E-state index is 12.7. The summed E-state index contributed by atoms with van der Waals surface area (Å²) in [6.07, 6.45) is 1.04. The lowest BCUT2D eigenvalue weighted by Crippen LogP contribution is -2.31. The summed E-state index contributed by atoms with van der Waals surface area (Å²) < 4.78 is 12.7. The van der Waals surface area contributed by atoms with Crippen LogP contribution in [0.15, 0.2) is 42.6 Å². The van der Waals surface area contributed by atoms with E-state index in [1.807, 2.05) is 6.07 Å². The van der Waals surface area contributed by atoms with Gasteiger partial charge in [-0.25, -0.2) is 14.2 Å². The van der Waals surface area contributed by atoms with E-state index in [4.69, 9.17) is 5.26 Å². The fourth-order valence-corrected chi connectivity index (χ4v) is 1.69. The summed E-state index contributed by atoms with van der Waals surface area (Å²) in [4.78, 5) is 17.2. The molecule has 0 bridgehead atoms. The smallest absolute Gasteiger partial charge is 0.323 e. The molecule has 0 aliphatic carbocycles. The number of hydrogen-bond donors (Lipinski definition) is 1. The maximum Gasteiger partial charge on any atom is 0.323 e. The SMILES string of the molecule is CN(Cc1ccc(C#N)cc1)C(=O)Nc1ccc(F)cn1. The molecule has 0 aliphatic rings. The highest BCUT2D eigenvalue weighted by molar-refractivity contribution is 5.88. The Morgan fingerprint density at radius 3 is 2.62 bits per heavy atom. The Kier molecular flexibility index (Phi) is 4.46. The molecule has 0 atom stereocenters. The number of urea groups is 1. The maximum absolute atomic E-state index is 12.7. The summed E-state index contributed by atoms with van der Waals surface area (Å²) in [5.41, 5.74) is 1.47. The van der Waals surface area contributed by atoms with Crippen LogP contribution >= 0.6 is 0 Å². The van der Waals surface area contributed by atoms with Crippen molar-refractivity contribution in [1.29, 1.82) is 5.26 Å². The highest BCUT2D eigenvalue weighted by Crippen LogP contribution is 2.08. The number of anilines is 1. The topological polar surface area (TPSA) is 69.0 Å². The van der Waals surface area contributed by atoms with Crippen LogP contribution in [-0.4, -0.2) is 23.0 Å². The van der Waals surface area contributed by atoms with Gasteiger partial charge in [-0.15, -0.1) is 0 Å². The lowest BCUT2D eigenvalue weighted by Gasteiger charge is -2.17. The van der Waals surface area contributed by atoms with Crippen LogP contribution in [0.3, 0.4) is 0 Å². The monoisotopic (exact) mass is 284 g/mol. The number of nitrogens with one attached hydrogen (secondary N) is 1. The van der Waals surface area contributed by atoms with Crippen LogP contribution in [0.1, 0.15) is 11.1 Å². The first-order chi connectivity index (χ1) is 10.1. The molecule has 0 saturated carbocycles. The Balaban J connectivity index is 1.95. The number of hydrogen-bond acceptors (Lipinski definition) is 3. The van der Waals surface area contributed by atoms with Crippen molar-refractivity contribution in [3.8, 4) is 6.07 Å². The minimum Gasteiger partial charge on any atom is -0.323 e. The molecule has 2 aromatic rings. The number of carbonyl (C=O) groups excluding carboxylic acids is 1. The molecule has 1 N–H and O–H groups in total. The number of rotatable bonds is 3. The second-order valence-electron chi connectivity index (χ2n) is 4.46. The Morgan fingerprint density at radius 1 is 1.33 bits per heavy atom. The van der Waals surface area contributed by atoms with E-state index in [1.165, 1.54) is 17.0 Å². The van der Waals surface area contributed by atoms with Gasteiger partial charge in [-0.1, -0.05) is 12.1 Å². The molecule has 5 nitrogen and oxygen atoms in total. The fraction of sp³-hybridized carbons (Fsp3) is 0.133. The van der Waals surface area contributed by atoms with Gasteiger partial charge in [0.2, 0.25) is 0 Å². The molecule has 0 aliphatic heterocycles. The predicted octanol–water partition coefficient (Wildman–Crippen LogP) is 2.76. The van der Waals surface area contributed by atoms with Crippen molar-refractivity contribution in [3.63, 3.8) is 0 Å². The molecule has 106 valence electrons. The van der Waals surface area contributed by atoms with Crippen molar-refractivity contribution in [2.75, 3.05) is 12.4 Å². The third kappa shape index (κ3) is 4.01. The van der Waals surface area contributed by atoms with Crippen molar-refractivity contribution >= 4 is 11.8 Å². The summed E-state index contributed by atoms with van der Waals surface area (Å²) in [6.45, 7) is 0.388. The summed E-state index contributed by atoms with van der Waals surface area (Å²) in [5.74, 6) is -0.174. The van der Waals surface area contributed by atoms with Gasteiger partial charge in [0.25, 0.3) is 0 Å². The van der Waals surface area contributed by atoms with Crippen molar-refractivity contribution < 1.29 is 9.18 Å². The molecule has 1 heterocycles. The molecule has 21 heavy (non-hydrogen) atoms. The van der Waals surface area contributed by atoms with Crippen molar-refractivity contribution in [2.45, 2.75) is 6.54 Å². The Hall–Kier alpha value is -2.94. The Bertz CT molecular complexity index is 662. The number of pyridine rings is 1. The third-order valence-electron chi connectivity index (χ3n) is 2.81. The molecular weight excluding hydrogens is 271 g/mol. The summed E-state index contributed by atoms with van der Waals surface area (Å²) in [7, 11) is 1.64. The van der Waals surface area contributed by atoms with Crippen LogP contribution in [0, 0.1) is 17.1 Å². The van der Waals surface area contributed by atoms with E-state index in [-0.39, 0.29) is 11.8 Å². The lowest BCUT2D eigenvalue weighted by atomic mass is 10.1. The van der Waals surface area contributed by atoms with E-state index >= 15 is 0 Å². The second-order valence-corrected chi connectivity index (χ2v) is 4.46. The van der Waals surface area contributed by atoms with Gasteiger partial charge < -0.3 is 4.90 Å². The van der Waals surface area contributed by atoms with Crippen LogP contribution < -0.4 is 5.32 Å². The molecule has 0 fully saturated rings. The first-order valence-electron chi connectivity index (χ1n) is 6.21. The quantitative estimate of drug-likeness (QED) is 0.942. The van der Waals surface area contributed by atoms with Gasteiger partial charge in [0.05, 0.1) is 17.8 Å². The van der Waals surface area contributed by atoms with Crippen molar-refractivity contribution in [2.24, 2.45) is 0 Å². The number of halogens is 1. The van der Waals surface area contributed by atoms with E-state index in [0.717, 1.165) is 11.8 Å². The van der Waals surface area contributed by atoms with E-state index in [1.54, 1.807) is 31.3 Å². The molecule has 0 saturated heterocycles. The number of benzene rings is 1. The first-order valence-corrected chi connectivity index (χ1v) is 6.21. The van der Waals surface area contributed by atoms with E-state index in [2.05, 4.69) is 10.3 Å². The van der Waals surface area contributed by atoms with Crippen molar-refractivity contribution in [3.05, 3.63) is 59.5 Å². The fourth-order valence-electron chi connectivity index (χ4n) is 1.69. The number of nitrogens with zero attached hydrogens (tertiary/aromatic N) is 3. The number of carbonyl (C=O) groups is 1. The average molecular weight is 284 g/mol. The summed E-state index contributed by atoms with van der Waals surface area (Å²) >= 11 is 0. The Labute approximate surface area is 121 Å². The van der Waals surface area contributed by atoms with Gasteiger partial charge in [0, 0.05) is 13.6 Å². The van der Waals surface area contributed by atoms with Gasteiger partial charge >= 0.3 is 6.03 Å². The molecule has 2 rings (SSSR count). The van der Waals surface area contributed by atoms with Crippen LogP contribution in [0.25, 0.3) is 0 Å². The zero-order valence-corrected chi connectivity index (χ0v) is 11.4. The first kappa shape index (κ1) is 14.5. The van der Waals surface area contributed by atoms with Gasteiger partial charge in [-0.05, 0) is 29.8 Å². The predicted molar refractivity (Wildman–Crippen MR) is 75.8 cm³/mol. The van der Waals surface area contributed by atoms with Gasteiger partial charge in [0.15, 0.2) is 0 Å². The number of aromatic nitrogens is 1. The standard InChI is InChI=1S/C15H13FN4O/c1-20(10-12-4-2-11(8-17)3-5-12)15(21)19-14-7-6-13(16)9-18-14/h2-7,9H,10H2,1H3,(H,18,19,21). The molecule has 6 heteroatoms. The van der Waals surface area contributed by atoms with Crippen LogP contribution in [0.2, 0.25) is 0 Å². The number of nitriles is 1. The van der Waals surface area contributed by atoms with E-state index in [0.29, 0.717) is 12.1 Å².